The molecule has 4 N–H and O–H groups in total. The largest absolute Gasteiger partial charge is 0.363 e. The number of nitrogens with zero attached hydrogens (tertiary/aromatic N) is 2. The smallest absolute Gasteiger partial charge is 0.338 e. The summed E-state index contributed by atoms with van der Waals surface area (Å²) in [6.45, 7) is 1.67. The van der Waals surface area contributed by atoms with Crippen LogP contribution in [-0.4, -0.2) is 23.6 Å². The van der Waals surface area contributed by atoms with Gasteiger partial charge in [0.05, 0.1) is 4.90 Å². The van der Waals surface area contributed by atoms with Crippen molar-refractivity contribution in [3.05, 3.63) is 40.4 Å². The molecule has 9 heteroatoms. The average molecular weight is 281 g/mol. The topological polar surface area (TPSA) is 131 Å². The SMILES string of the molecule is Cc1n[nH]c(=O)nc1Nc1ccc(S(N)(=O)=O)cc1. The van der Waals surface area contributed by atoms with Crippen molar-refractivity contribution in [2.75, 3.05) is 5.32 Å². The second kappa shape index (κ2) is 4.78. The highest BCUT2D eigenvalue weighted by Crippen LogP contribution is 2.17. The predicted molar refractivity (Wildman–Crippen MR) is 68.5 cm³/mol. The van der Waals surface area contributed by atoms with Gasteiger partial charge in [0.2, 0.25) is 10.0 Å². The molecular formula is C10H11N5O3S. The van der Waals surface area contributed by atoms with Gasteiger partial charge in [-0.2, -0.15) is 10.1 Å². The highest BCUT2D eigenvalue weighted by Gasteiger charge is 2.08. The van der Waals surface area contributed by atoms with Gasteiger partial charge >= 0.3 is 5.69 Å². The summed E-state index contributed by atoms with van der Waals surface area (Å²) in [6, 6.07) is 5.74. The number of hydrogen-bond acceptors (Lipinski definition) is 6. The Hall–Kier alpha value is -2.26. The summed E-state index contributed by atoms with van der Waals surface area (Å²) < 4.78 is 22.2. The fourth-order valence-electron chi connectivity index (χ4n) is 1.38. The molecule has 19 heavy (non-hydrogen) atoms. The Balaban J connectivity index is 2.30. The molecule has 1 heterocycles. The fourth-order valence-corrected chi connectivity index (χ4v) is 1.89. The molecule has 2 rings (SSSR count). The fraction of sp³-hybridized carbons (Fsp3) is 0.100. The first-order valence-corrected chi connectivity index (χ1v) is 6.74. The van der Waals surface area contributed by atoms with Crippen LogP contribution in [0.3, 0.4) is 0 Å². The lowest BCUT2D eigenvalue weighted by Gasteiger charge is -2.07. The Labute approximate surface area is 108 Å². The van der Waals surface area contributed by atoms with Gasteiger partial charge in [-0.3, -0.25) is 0 Å². The minimum Gasteiger partial charge on any atom is -0.338 e. The Morgan fingerprint density at radius 3 is 2.47 bits per heavy atom. The Bertz CT molecular complexity index is 751. The van der Waals surface area contributed by atoms with Crippen molar-refractivity contribution in [1.82, 2.24) is 15.2 Å². The number of H-pyrrole nitrogens is 1. The van der Waals surface area contributed by atoms with E-state index in [0.29, 0.717) is 17.2 Å². The molecule has 0 spiro atoms. The van der Waals surface area contributed by atoms with Gasteiger partial charge in [0, 0.05) is 5.69 Å². The number of primary sulfonamides is 1. The first kappa shape index (κ1) is 13.2. The second-order valence-electron chi connectivity index (χ2n) is 3.77. The lowest BCUT2D eigenvalue weighted by atomic mass is 10.3. The summed E-state index contributed by atoms with van der Waals surface area (Å²) in [5, 5.41) is 13.8. The molecule has 0 amide bonds. The Morgan fingerprint density at radius 2 is 1.89 bits per heavy atom. The molecule has 0 atom stereocenters. The minimum atomic E-state index is -3.72. The first-order valence-electron chi connectivity index (χ1n) is 5.19. The number of sulfonamides is 1. The van der Waals surface area contributed by atoms with Gasteiger partial charge in [0.1, 0.15) is 5.69 Å². The van der Waals surface area contributed by atoms with Crippen molar-refractivity contribution in [2.45, 2.75) is 11.8 Å². The van der Waals surface area contributed by atoms with Crippen molar-refractivity contribution in [2.24, 2.45) is 5.14 Å². The van der Waals surface area contributed by atoms with E-state index in [1.165, 1.54) is 24.3 Å². The zero-order valence-electron chi connectivity index (χ0n) is 9.91. The molecule has 1 aromatic carbocycles. The molecule has 100 valence electrons. The van der Waals surface area contributed by atoms with Crippen LogP contribution in [-0.2, 0) is 10.0 Å². The number of nitrogens with two attached hydrogens (primary N) is 1. The molecule has 0 bridgehead atoms. The van der Waals surface area contributed by atoms with Crippen LogP contribution in [0.5, 0.6) is 0 Å². The second-order valence-corrected chi connectivity index (χ2v) is 5.33. The van der Waals surface area contributed by atoms with E-state index in [4.69, 9.17) is 5.14 Å². The number of aromatic amines is 1. The zero-order chi connectivity index (χ0) is 14.0. The molecule has 8 nitrogen and oxygen atoms in total. The molecule has 0 saturated heterocycles. The molecular weight excluding hydrogens is 270 g/mol. The number of nitrogens with one attached hydrogen (secondary N) is 2. The Morgan fingerprint density at radius 1 is 1.26 bits per heavy atom. The highest BCUT2D eigenvalue weighted by molar-refractivity contribution is 7.89. The molecule has 0 saturated carbocycles. The molecule has 0 aliphatic heterocycles. The van der Waals surface area contributed by atoms with Crippen LogP contribution >= 0.6 is 0 Å². The summed E-state index contributed by atoms with van der Waals surface area (Å²) in [5.41, 5.74) is 0.500. The third-order valence-electron chi connectivity index (χ3n) is 2.32. The van der Waals surface area contributed by atoms with Crippen LogP contribution < -0.4 is 16.1 Å². The van der Waals surface area contributed by atoms with E-state index in [1.807, 2.05) is 0 Å². The summed E-state index contributed by atoms with van der Waals surface area (Å²) in [5.74, 6) is 0.298. The lowest BCUT2D eigenvalue weighted by molar-refractivity contribution is 0.598. The third kappa shape index (κ3) is 3.14. The van der Waals surface area contributed by atoms with Crippen LogP contribution in [0.25, 0.3) is 0 Å². The Kier molecular flexibility index (Phi) is 3.32. The number of hydrogen-bond donors (Lipinski definition) is 3. The molecule has 0 aliphatic rings. The van der Waals surface area contributed by atoms with E-state index >= 15 is 0 Å². The highest BCUT2D eigenvalue weighted by atomic mass is 32.2. The van der Waals surface area contributed by atoms with E-state index in [-0.39, 0.29) is 4.90 Å². The zero-order valence-corrected chi connectivity index (χ0v) is 10.7. The van der Waals surface area contributed by atoms with Crippen molar-refractivity contribution in [3.63, 3.8) is 0 Å². The normalized spacial score (nSPS) is 11.3. The number of aryl methyl sites for hydroxylation is 1. The van der Waals surface area contributed by atoms with Gasteiger partial charge in [0.15, 0.2) is 5.82 Å². The minimum absolute atomic E-state index is 0.00626. The van der Waals surface area contributed by atoms with Crippen molar-refractivity contribution < 1.29 is 8.42 Å². The lowest BCUT2D eigenvalue weighted by Crippen LogP contribution is -2.15. The summed E-state index contributed by atoms with van der Waals surface area (Å²) in [4.78, 5) is 14.8. The van der Waals surface area contributed by atoms with Gasteiger partial charge < -0.3 is 5.32 Å². The van der Waals surface area contributed by atoms with Crippen LogP contribution in [0, 0.1) is 6.92 Å². The first-order chi connectivity index (χ1) is 8.86. The average Bonchev–Trinajstić information content (AvgIpc) is 2.33. The quantitative estimate of drug-likeness (QED) is 0.718. The van der Waals surface area contributed by atoms with E-state index in [2.05, 4.69) is 20.5 Å². The predicted octanol–water partition coefficient (Wildman–Crippen LogP) is -0.136. The molecule has 0 unspecified atom stereocenters. The van der Waals surface area contributed by atoms with Gasteiger partial charge in [0.25, 0.3) is 0 Å². The molecule has 0 radical (unpaired) electrons. The van der Waals surface area contributed by atoms with E-state index in [9.17, 15) is 13.2 Å². The molecule has 0 fully saturated rings. The van der Waals surface area contributed by atoms with Crippen LogP contribution in [0.2, 0.25) is 0 Å². The van der Waals surface area contributed by atoms with Crippen molar-refractivity contribution in [3.8, 4) is 0 Å². The number of benzene rings is 1. The maximum atomic E-state index is 11.1. The maximum absolute atomic E-state index is 11.1. The van der Waals surface area contributed by atoms with Gasteiger partial charge in [-0.05, 0) is 31.2 Å². The summed E-state index contributed by atoms with van der Waals surface area (Å²) >= 11 is 0. The van der Waals surface area contributed by atoms with Crippen LogP contribution in [0.4, 0.5) is 11.5 Å². The van der Waals surface area contributed by atoms with E-state index in [0.717, 1.165) is 0 Å². The summed E-state index contributed by atoms with van der Waals surface area (Å²) in [7, 11) is -3.72. The monoisotopic (exact) mass is 281 g/mol. The number of anilines is 2. The standard InChI is InChI=1S/C10H11N5O3S/c1-6-9(13-10(16)15-14-6)12-7-2-4-8(5-3-7)19(11,17)18/h2-5H,1H3,(H2,11,17,18)(H2,12,13,15,16). The van der Waals surface area contributed by atoms with Crippen molar-refractivity contribution >= 4 is 21.5 Å². The molecule has 0 aliphatic carbocycles. The molecule has 1 aromatic heterocycles. The van der Waals surface area contributed by atoms with Gasteiger partial charge in [-0.25, -0.2) is 23.4 Å². The molecule has 2 aromatic rings. The maximum Gasteiger partial charge on any atom is 0.363 e. The van der Waals surface area contributed by atoms with Crippen LogP contribution in [0.15, 0.2) is 34.0 Å². The summed E-state index contributed by atoms with van der Waals surface area (Å²) in [6.07, 6.45) is 0. The van der Waals surface area contributed by atoms with Crippen LogP contribution in [0.1, 0.15) is 5.69 Å². The van der Waals surface area contributed by atoms with Crippen molar-refractivity contribution in [1.29, 1.82) is 0 Å². The van der Waals surface area contributed by atoms with E-state index in [1.54, 1.807) is 6.92 Å². The van der Waals surface area contributed by atoms with Gasteiger partial charge in [-0.1, -0.05) is 0 Å². The number of rotatable bonds is 3. The number of aromatic nitrogens is 3. The third-order valence-corrected chi connectivity index (χ3v) is 3.25. The van der Waals surface area contributed by atoms with E-state index < -0.39 is 15.7 Å². The van der Waals surface area contributed by atoms with Gasteiger partial charge in [-0.15, -0.1) is 0 Å².